The third-order valence-corrected chi connectivity index (χ3v) is 3.57. The van der Waals surface area contributed by atoms with Crippen LogP contribution in [0.3, 0.4) is 0 Å². The number of imide groups is 1. The molecular weight excluding hydrogens is 410 g/mol. The van der Waals surface area contributed by atoms with Gasteiger partial charge in [0.2, 0.25) is 5.69 Å². The monoisotopic (exact) mass is 433 g/mol. The molecule has 0 saturated heterocycles. The van der Waals surface area contributed by atoms with Gasteiger partial charge < -0.3 is 14.8 Å². The van der Waals surface area contributed by atoms with Gasteiger partial charge >= 0.3 is 12.0 Å². The van der Waals surface area contributed by atoms with Crippen molar-refractivity contribution in [1.29, 1.82) is 0 Å². The zero-order chi connectivity index (χ0) is 23.2. The number of aromatic nitrogens is 2. The van der Waals surface area contributed by atoms with Crippen molar-refractivity contribution in [3.63, 3.8) is 0 Å². The standard InChI is InChI=1S/C19H23N5O7/c1-5-30-17(26)16-14(31-11-15(25)20-18(27)21-19(2,3)4)10-23(22-16)12-6-8-13(9-7-12)24(28)29/h6-10H,5,11H2,1-4H3,(H2,20,21,25,27). The molecule has 0 atom stereocenters. The summed E-state index contributed by atoms with van der Waals surface area (Å²) in [6, 6.07) is 4.75. The van der Waals surface area contributed by atoms with Gasteiger partial charge in [-0.1, -0.05) is 0 Å². The molecule has 0 unspecified atom stereocenters. The lowest BCUT2D eigenvalue weighted by Crippen LogP contribution is -2.49. The smallest absolute Gasteiger partial charge is 0.362 e. The van der Waals surface area contributed by atoms with Crippen molar-refractivity contribution >= 4 is 23.6 Å². The Kier molecular flexibility index (Phi) is 7.29. The molecule has 0 fully saturated rings. The minimum atomic E-state index is -0.774. The van der Waals surface area contributed by atoms with E-state index in [2.05, 4.69) is 15.7 Å². The Bertz CT molecular complexity index is 977. The molecule has 1 heterocycles. The van der Waals surface area contributed by atoms with Gasteiger partial charge in [0.25, 0.3) is 11.6 Å². The van der Waals surface area contributed by atoms with Gasteiger partial charge in [-0.3, -0.25) is 20.2 Å². The average Bonchev–Trinajstić information content (AvgIpc) is 3.09. The van der Waals surface area contributed by atoms with Crippen LogP contribution in [-0.2, 0) is 9.53 Å². The number of nitrogens with zero attached hydrogens (tertiary/aromatic N) is 3. The van der Waals surface area contributed by atoms with Gasteiger partial charge in [0.05, 0.1) is 23.4 Å². The molecule has 0 bridgehead atoms. The summed E-state index contributed by atoms with van der Waals surface area (Å²) < 4.78 is 11.6. The summed E-state index contributed by atoms with van der Waals surface area (Å²) in [4.78, 5) is 46.2. The Morgan fingerprint density at radius 3 is 2.39 bits per heavy atom. The van der Waals surface area contributed by atoms with E-state index in [0.717, 1.165) is 0 Å². The summed E-state index contributed by atoms with van der Waals surface area (Å²) in [5.74, 6) is -1.56. The van der Waals surface area contributed by atoms with Gasteiger partial charge in [0, 0.05) is 17.7 Å². The Hall–Kier alpha value is -3.96. The number of nitrogens with one attached hydrogen (secondary N) is 2. The molecule has 0 aliphatic heterocycles. The summed E-state index contributed by atoms with van der Waals surface area (Å²) >= 11 is 0. The van der Waals surface area contributed by atoms with Gasteiger partial charge in [0.15, 0.2) is 12.4 Å². The molecular formula is C19H23N5O7. The number of ether oxygens (including phenoxy) is 2. The first-order valence-corrected chi connectivity index (χ1v) is 9.26. The molecule has 3 amide bonds. The zero-order valence-corrected chi connectivity index (χ0v) is 17.5. The van der Waals surface area contributed by atoms with E-state index in [-0.39, 0.29) is 23.7 Å². The van der Waals surface area contributed by atoms with Gasteiger partial charge in [-0.25, -0.2) is 14.3 Å². The highest BCUT2D eigenvalue weighted by Crippen LogP contribution is 2.22. The first-order valence-electron chi connectivity index (χ1n) is 9.26. The van der Waals surface area contributed by atoms with Gasteiger partial charge in [0.1, 0.15) is 0 Å². The number of benzene rings is 1. The molecule has 12 nitrogen and oxygen atoms in total. The number of amides is 3. The Morgan fingerprint density at radius 2 is 1.84 bits per heavy atom. The van der Waals surface area contributed by atoms with Crippen molar-refractivity contribution in [2.45, 2.75) is 33.2 Å². The van der Waals surface area contributed by atoms with Crippen LogP contribution >= 0.6 is 0 Å². The number of non-ortho nitro benzene ring substituents is 1. The summed E-state index contributed by atoms with van der Waals surface area (Å²) in [7, 11) is 0. The fraction of sp³-hybridized carbons (Fsp3) is 0.368. The number of nitro groups is 1. The molecule has 0 saturated carbocycles. The van der Waals surface area contributed by atoms with Gasteiger partial charge in [-0.15, -0.1) is 0 Å². The molecule has 2 aromatic rings. The lowest BCUT2D eigenvalue weighted by atomic mass is 10.1. The van der Waals surface area contributed by atoms with E-state index in [1.54, 1.807) is 27.7 Å². The quantitative estimate of drug-likeness (QED) is 0.381. The zero-order valence-electron chi connectivity index (χ0n) is 17.5. The van der Waals surface area contributed by atoms with Gasteiger partial charge in [-0.05, 0) is 39.8 Å². The first-order chi connectivity index (χ1) is 14.5. The largest absolute Gasteiger partial charge is 0.480 e. The normalized spacial score (nSPS) is 10.8. The van der Waals surface area contributed by atoms with Crippen LogP contribution in [0, 0.1) is 10.1 Å². The summed E-state index contributed by atoms with van der Waals surface area (Å²) in [5, 5.41) is 19.6. The highest BCUT2D eigenvalue weighted by atomic mass is 16.6. The van der Waals surface area contributed by atoms with Crippen LogP contribution in [0.5, 0.6) is 5.75 Å². The first kappa shape index (κ1) is 23.3. The SMILES string of the molecule is CCOC(=O)c1nn(-c2ccc([N+](=O)[O-])cc2)cc1OCC(=O)NC(=O)NC(C)(C)C. The maximum atomic E-state index is 12.2. The van der Waals surface area contributed by atoms with Crippen LogP contribution in [-0.4, -0.2) is 51.4 Å². The van der Waals surface area contributed by atoms with Crippen molar-refractivity contribution < 1.29 is 28.8 Å². The Morgan fingerprint density at radius 1 is 1.19 bits per heavy atom. The van der Waals surface area contributed by atoms with E-state index >= 15 is 0 Å². The number of nitro benzene ring substituents is 1. The second-order valence-corrected chi connectivity index (χ2v) is 7.32. The summed E-state index contributed by atoms with van der Waals surface area (Å²) in [6.45, 7) is 6.42. The highest BCUT2D eigenvalue weighted by Gasteiger charge is 2.22. The highest BCUT2D eigenvalue weighted by molar-refractivity contribution is 5.95. The number of urea groups is 1. The van der Waals surface area contributed by atoms with Crippen LogP contribution in [0.25, 0.3) is 5.69 Å². The molecule has 2 N–H and O–H groups in total. The van der Waals surface area contributed by atoms with E-state index in [1.807, 2.05) is 0 Å². The Balaban J connectivity index is 2.17. The topological polar surface area (TPSA) is 155 Å². The number of carbonyl (C=O) groups excluding carboxylic acids is 3. The van der Waals surface area contributed by atoms with Crippen LogP contribution in [0.15, 0.2) is 30.5 Å². The molecule has 1 aromatic carbocycles. The molecule has 0 aliphatic carbocycles. The molecule has 31 heavy (non-hydrogen) atoms. The van der Waals surface area contributed by atoms with Crippen molar-refractivity contribution in [3.05, 3.63) is 46.3 Å². The molecule has 0 aliphatic rings. The minimum absolute atomic E-state index is 0.0526. The predicted molar refractivity (Wildman–Crippen MR) is 108 cm³/mol. The number of rotatable bonds is 7. The van der Waals surface area contributed by atoms with Gasteiger partial charge in [-0.2, -0.15) is 5.10 Å². The van der Waals surface area contributed by atoms with E-state index in [1.165, 1.54) is 35.1 Å². The second-order valence-electron chi connectivity index (χ2n) is 7.32. The fourth-order valence-corrected chi connectivity index (χ4v) is 2.34. The maximum absolute atomic E-state index is 12.2. The average molecular weight is 433 g/mol. The maximum Gasteiger partial charge on any atom is 0.362 e. The lowest BCUT2D eigenvalue weighted by Gasteiger charge is -2.20. The molecule has 166 valence electrons. The third kappa shape index (κ3) is 6.80. The van der Waals surface area contributed by atoms with Crippen molar-refractivity contribution in [2.24, 2.45) is 0 Å². The molecule has 0 spiro atoms. The van der Waals surface area contributed by atoms with E-state index in [9.17, 15) is 24.5 Å². The van der Waals surface area contributed by atoms with Crippen molar-refractivity contribution in [1.82, 2.24) is 20.4 Å². The molecule has 1 aromatic heterocycles. The number of carbonyl (C=O) groups is 3. The predicted octanol–water partition coefficient (Wildman–Crippen LogP) is 1.96. The molecule has 2 rings (SSSR count). The second kappa shape index (κ2) is 9.69. The fourth-order valence-electron chi connectivity index (χ4n) is 2.34. The Labute approximate surface area is 177 Å². The van der Waals surface area contributed by atoms with Crippen molar-refractivity contribution in [3.8, 4) is 11.4 Å². The van der Waals surface area contributed by atoms with Crippen LogP contribution in [0.2, 0.25) is 0 Å². The van der Waals surface area contributed by atoms with Crippen LogP contribution in [0.4, 0.5) is 10.5 Å². The molecule has 12 heteroatoms. The lowest BCUT2D eigenvalue weighted by molar-refractivity contribution is -0.384. The number of hydrogen-bond donors (Lipinski definition) is 2. The summed E-state index contributed by atoms with van der Waals surface area (Å²) in [5.41, 5.74) is -0.413. The van der Waals surface area contributed by atoms with Crippen LogP contribution < -0.4 is 15.4 Å². The van der Waals surface area contributed by atoms with Crippen LogP contribution in [0.1, 0.15) is 38.2 Å². The van der Waals surface area contributed by atoms with E-state index in [0.29, 0.717) is 5.69 Å². The van der Waals surface area contributed by atoms with E-state index in [4.69, 9.17) is 9.47 Å². The summed E-state index contributed by atoms with van der Waals surface area (Å²) in [6.07, 6.45) is 1.33. The third-order valence-electron chi connectivity index (χ3n) is 3.57. The number of esters is 1. The van der Waals surface area contributed by atoms with Crippen molar-refractivity contribution in [2.75, 3.05) is 13.2 Å². The number of hydrogen-bond acceptors (Lipinski definition) is 8. The van der Waals surface area contributed by atoms with E-state index < -0.39 is 35.0 Å². The molecule has 0 radical (unpaired) electrons. The minimum Gasteiger partial charge on any atom is -0.480 e.